The predicted molar refractivity (Wildman–Crippen MR) is 72.4 cm³/mol. The first kappa shape index (κ1) is 13.7. The van der Waals surface area contributed by atoms with Crippen LogP contribution in [-0.2, 0) is 0 Å². The van der Waals surface area contributed by atoms with E-state index in [-0.39, 0.29) is 6.04 Å². The molecule has 1 heterocycles. The van der Waals surface area contributed by atoms with Crippen molar-refractivity contribution >= 4 is 31.9 Å². The van der Waals surface area contributed by atoms with Crippen LogP contribution in [0.1, 0.15) is 31.0 Å². The van der Waals surface area contributed by atoms with Crippen LogP contribution in [0.3, 0.4) is 0 Å². The summed E-state index contributed by atoms with van der Waals surface area (Å²) in [5.74, 6) is 8.13. The molecule has 0 aromatic carbocycles. The third kappa shape index (κ3) is 3.87. The predicted octanol–water partition coefficient (Wildman–Crippen LogP) is 2.91. The summed E-state index contributed by atoms with van der Waals surface area (Å²) in [5, 5.41) is 0. The third-order valence-electron chi connectivity index (χ3n) is 2.18. The van der Waals surface area contributed by atoms with Crippen molar-refractivity contribution in [1.82, 2.24) is 10.4 Å². The number of rotatable bonds is 5. The second kappa shape index (κ2) is 7.02. The number of nitrogens with one attached hydrogen (secondary N) is 1. The lowest BCUT2D eigenvalue weighted by atomic mass is 10.1. The van der Waals surface area contributed by atoms with Gasteiger partial charge in [-0.05, 0) is 50.8 Å². The van der Waals surface area contributed by atoms with Gasteiger partial charge in [0.2, 0.25) is 0 Å². The van der Waals surface area contributed by atoms with Crippen LogP contribution in [0.2, 0.25) is 0 Å². The lowest BCUT2D eigenvalue weighted by molar-refractivity contribution is 0.489. The average molecular weight is 347 g/mol. The zero-order valence-electron chi connectivity index (χ0n) is 8.71. The van der Waals surface area contributed by atoms with Gasteiger partial charge in [-0.2, -0.15) is 0 Å². The minimum atomic E-state index is 0.0239. The molecule has 3 N–H and O–H groups in total. The normalized spacial score (nSPS) is 12.1. The quantitative estimate of drug-likeness (QED) is 0.373. The number of hydrogen-bond donors (Lipinski definition) is 2. The monoisotopic (exact) mass is 345 g/mol. The molecule has 0 saturated heterocycles. The van der Waals surface area contributed by atoms with Crippen molar-refractivity contribution < 1.29 is 0 Å². The van der Waals surface area contributed by atoms with Crippen LogP contribution in [-0.4, -0.2) is 4.98 Å². The fourth-order valence-electron chi connectivity index (χ4n) is 1.39. The first-order chi connectivity index (χ1) is 7.69. The maximum absolute atomic E-state index is 5.52. The molecule has 1 unspecified atom stereocenters. The number of hydrazine groups is 1. The highest BCUT2D eigenvalue weighted by Gasteiger charge is 2.14. The van der Waals surface area contributed by atoms with E-state index in [0.29, 0.717) is 0 Å². The van der Waals surface area contributed by atoms with Crippen molar-refractivity contribution in [2.24, 2.45) is 5.84 Å². The van der Waals surface area contributed by atoms with Crippen molar-refractivity contribution in [3.63, 3.8) is 0 Å². The lowest BCUT2D eigenvalue weighted by Crippen LogP contribution is -2.29. The fourth-order valence-corrected chi connectivity index (χ4v) is 2.65. The topological polar surface area (TPSA) is 50.9 Å². The summed E-state index contributed by atoms with van der Waals surface area (Å²) >= 11 is 6.83. The molecular weight excluding hydrogens is 334 g/mol. The summed E-state index contributed by atoms with van der Waals surface area (Å²) in [5.41, 5.74) is 3.67. The molecule has 0 amide bonds. The van der Waals surface area contributed by atoms with Gasteiger partial charge in [-0.15, -0.1) is 12.3 Å². The van der Waals surface area contributed by atoms with Crippen LogP contribution in [0.5, 0.6) is 0 Å². The Labute approximate surface area is 112 Å². The van der Waals surface area contributed by atoms with Crippen LogP contribution in [0, 0.1) is 12.3 Å². The van der Waals surface area contributed by atoms with E-state index in [1.54, 1.807) is 6.20 Å². The maximum atomic E-state index is 5.52. The molecule has 86 valence electrons. The SMILES string of the molecule is C#CCCCC(NN)c1ncc(Br)cc1Br. The van der Waals surface area contributed by atoms with Crippen molar-refractivity contribution in [3.8, 4) is 12.3 Å². The molecule has 0 aliphatic carbocycles. The summed E-state index contributed by atoms with van der Waals surface area (Å²) in [7, 11) is 0. The van der Waals surface area contributed by atoms with Gasteiger partial charge in [0.1, 0.15) is 0 Å². The number of terminal acetylenes is 1. The number of aromatic nitrogens is 1. The Hall–Kier alpha value is -0.410. The first-order valence-electron chi connectivity index (χ1n) is 4.89. The molecule has 5 heteroatoms. The van der Waals surface area contributed by atoms with Gasteiger partial charge in [-0.3, -0.25) is 16.3 Å². The van der Waals surface area contributed by atoms with Crippen molar-refractivity contribution in [2.45, 2.75) is 25.3 Å². The summed E-state index contributed by atoms with van der Waals surface area (Å²) < 4.78 is 1.87. The Morgan fingerprint density at radius 2 is 2.31 bits per heavy atom. The molecule has 0 aliphatic heterocycles. The summed E-state index contributed by atoms with van der Waals surface area (Å²) in [6.07, 6.45) is 9.52. The zero-order valence-corrected chi connectivity index (χ0v) is 11.9. The molecule has 0 aliphatic rings. The number of pyridine rings is 1. The molecule has 1 aromatic rings. The Kier molecular flexibility index (Phi) is 5.99. The van der Waals surface area contributed by atoms with Crippen LogP contribution < -0.4 is 11.3 Å². The van der Waals surface area contributed by atoms with Crippen LogP contribution in [0.25, 0.3) is 0 Å². The van der Waals surface area contributed by atoms with Gasteiger partial charge >= 0.3 is 0 Å². The molecule has 1 rings (SSSR count). The van der Waals surface area contributed by atoms with Gasteiger partial charge in [-0.25, -0.2) is 0 Å². The average Bonchev–Trinajstić information content (AvgIpc) is 2.26. The van der Waals surface area contributed by atoms with E-state index in [2.05, 4.69) is 48.2 Å². The van der Waals surface area contributed by atoms with Crippen molar-refractivity contribution in [2.75, 3.05) is 0 Å². The van der Waals surface area contributed by atoms with Crippen LogP contribution in [0.4, 0.5) is 0 Å². The van der Waals surface area contributed by atoms with Gasteiger partial charge in [0.15, 0.2) is 0 Å². The lowest BCUT2D eigenvalue weighted by Gasteiger charge is -2.16. The zero-order chi connectivity index (χ0) is 12.0. The Bertz CT molecular complexity index is 387. The van der Waals surface area contributed by atoms with Crippen molar-refractivity contribution in [1.29, 1.82) is 0 Å². The minimum absolute atomic E-state index is 0.0239. The van der Waals surface area contributed by atoms with E-state index >= 15 is 0 Å². The Balaban J connectivity index is 2.75. The van der Waals surface area contributed by atoms with Crippen LogP contribution in [0.15, 0.2) is 21.2 Å². The Morgan fingerprint density at radius 1 is 1.56 bits per heavy atom. The molecule has 16 heavy (non-hydrogen) atoms. The molecule has 0 saturated carbocycles. The standard InChI is InChI=1S/C11H13Br2N3/c1-2-3-4-5-10(16-14)11-9(13)6-8(12)7-15-11/h1,6-7,10,16H,3-5,14H2. The molecule has 3 nitrogen and oxygen atoms in total. The summed E-state index contributed by atoms with van der Waals surface area (Å²) in [4.78, 5) is 4.34. The second-order valence-electron chi connectivity index (χ2n) is 3.34. The molecular formula is C11H13Br2N3. The van der Waals surface area contributed by atoms with Gasteiger partial charge in [-0.1, -0.05) is 0 Å². The first-order valence-corrected chi connectivity index (χ1v) is 6.48. The summed E-state index contributed by atoms with van der Waals surface area (Å²) in [6, 6.07) is 1.98. The van der Waals surface area contributed by atoms with Gasteiger partial charge in [0, 0.05) is 21.6 Å². The molecule has 0 radical (unpaired) electrons. The van der Waals surface area contributed by atoms with Crippen molar-refractivity contribution in [3.05, 3.63) is 26.9 Å². The highest BCUT2D eigenvalue weighted by atomic mass is 79.9. The molecule has 0 spiro atoms. The minimum Gasteiger partial charge on any atom is -0.271 e. The third-order valence-corrected chi connectivity index (χ3v) is 3.25. The highest BCUT2D eigenvalue weighted by Crippen LogP contribution is 2.26. The van der Waals surface area contributed by atoms with Gasteiger partial charge in [0.05, 0.1) is 11.7 Å². The van der Waals surface area contributed by atoms with E-state index in [1.165, 1.54) is 0 Å². The largest absolute Gasteiger partial charge is 0.271 e. The van der Waals surface area contributed by atoms with E-state index in [1.807, 2.05) is 6.07 Å². The number of halogens is 2. The molecule has 1 aromatic heterocycles. The summed E-state index contributed by atoms with van der Waals surface area (Å²) in [6.45, 7) is 0. The highest BCUT2D eigenvalue weighted by molar-refractivity contribution is 9.11. The molecule has 1 atom stereocenters. The number of nitrogens with two attached hydrogens (primary N) is 1. The van der Waals surface area contributed by atoms with Gasteiger partial charge < -0.3 is 0 Å². The van der Waals surface area contributed by atoms with E-state index in [0.717, 1.165) is 33.9 Å². The maximum Gasteiger partial charge on any atom is 0.0729 e. The molecule has 0 bridgehead atoms. The number of hydrogen-bond acceptors (Lipinski definition) is 3. The second-order valence-corrected chi connectivity index (χ2v) is 5.11. The van der Waals surface area contributed by atoms with E-state index < -0.39 is 0 Å². The van der Waals surface area contributed by atoms with Gasteiger partial charge in [0.25, 0.3) is 0 Å². The molecule has 0 fully saturated rings. The van der Waals surface area contributed by atoms with Crippen LogP contribution >= 0.6 is 31.9 Å². The van der Waals surface area contributed by atoms with E-state index in [4.69, 9.17) is 12.3 Å². The smallest absolute Gasteiger partial charge is 0.0729 e. The Morgan fingerprint density at radius 3 is 2.88 bits per heavy atom. The number of unbranched alkanes of at least 4 members (excludes halogenated alkanes) is 1. The van der Waals surface area contributed by atoms with E-state index in [9.17, 15) is 0 Å². The fraction of sp³-hybridized carbons (Fsp3) is 0.364. The number of nitrogens with zero attached hydrogens (tertiary/aromatic N) is 1.